The van der Waals surface area contributed by atoms with Gasteiger partial charge in [-0.25, -0.2) is 0 Å². The lowest BCUT2D eigenvalue weighted by atomic mass is 9.89. The van der Waals surface area contributed by atoms with Crippen LogP contribution in [0.5, 0.6) is 0 Å². The molecular formula is C13H22N2S. The topological polar surface area (TPSA) is 20.7 Å². The molecule has 1 saturated carbocycles. The van der Waals surface area contributed by atoms with E-state index in [2.05, 4.69) is 29.6 Å². The van der Waals surface area contributed by atoms with Crippen LogP contribution in [0.2, 0.25) is 0 Å². The number of hydrogen-bond acceptors (Lipinski definition) is 1. The van der Waals surface area contributed by atoms with E-state index in [1.165, 1.54) is 37.8 Å². The highest BCUT2D eigenvalue weighted by atomic mass is 32.1. The summed E-state index contributed by atoms with van der Waals surface area (Å²) in [5.41, 5.74) is 1.36. The number of aromatic nitrogens is 2. The maximum absolute atomic E-state index is 5.37. The molecule has 0 aromatic carbocycles. The van der Waals surface area contributed by atoms with Gasteiger partial charge in [-0.1, -0.05) is 33.1 Å². The van der Waals surface area contributed by atoms with Crippen molar-refractivity contribution < 1.29 is 0 Å². The van der Waals surface area contributed by atoms with Crippen LogP contribution in [0.3, 0.4) is 0 Å². The lowest BCUT2D eigenvalue weighted by Gasteiger charge is -2.23. The van der Waals surface area contributed by atoms with Gasteiger partial charge in [0, 0.05) is 18.4 Å². The van der Waals surface area contributed by atoms with Crippen LogP contribution < -0.4 is 0 Å². The fourth-order valence-electron chi connectivity index (χ4n) is 2.70. The van der Waals surface area contributed by atoms with Crippen molar-refractivity contribution in [1.29, 1.82) is 0 Å². The number of aromatic amines is 1. The Hall–Kier alpha value is -0.570. The third-order valence-corrected chi connectivity index (χ3v) is 4.00. The summed E-state index contributed by atoms with van der Waals surface area (Å²) < 4.78 is 3.21. The van der Waals surface area contributed by atoms with Crippen molar-refractivity contribution in [3.63, 3.8) is 0 Å². The molecule has 0 aliphatic heterocycles. The predicted octanol–water partition coefficient (Wildman–Crippen LogP) is 4.25. The minimum atomic E-state index is 0.552. The van der Waals surface area contributed by atoms with E-state index in [0.29, 0.717) is 5.92 Å². The molecule has 2 nitrogen and oxygen atoms in total. The van der Waals surface area contributed by atoms with E-state index in [1.54, 1.807) is 0 Å². The quantitative estimate of drug-likeness (QED) is 0.781. The number of rotatable bonds is 3. The summed E-state index contributed by atoms with van der Waals surface area (Å²) in [6.45, 7) is 5.58. The van der Waals surface area contributed by atoms with Crippen molar-refractivity contribution in [2.75, 3.05) is 0 Å². The predicted molar refractivity (Wildman–Crippen MR) is 70.3 cm³/mol. The molecule has 0 saturated heterocycles. The zero-order valence-electron chi connectivity index (χ0n) is 10.3. The van der Waals surface area contributed by atoms with Crippen molar-refractivity contribution in [3.05, 3.63) is 16.7 Å². The van der Waals surface area contributed by atoms with E-state index in [4.69, 9.17) is 12.2 Å². The molecule has 0 radical (unpaired) electrons. The molecule has 0 spiro atoms. The summed E-state index contributed by atoms with van der Waals surface area (Å²) in [6.07, 6.45) is 9.07. The van der Waals surface area contributed by atoms with E-state index >= 15 is 0 Å². The fraction of sp³-hybridized carbons (Fsp3) is 0.769. The molecule has 1 aromatic heterocycles. The van der Waals surface area contributed by atoms with Crippen LogP contribution in [0.1, 0.15) is 57.6 Å². The first-order chi connectivity index (χ1) is 7.68. The first kappa shape index (κ1) is 11.9. The van der Waals surface area contributed by atoms with Gasteiger partial charge in [-0.05, 0) is 36.9 Å². The number of nitrogens with one attached hydrogen (secondary N) is 1. The zero-order chi connectivity index (χ0) is 11.5. The van der Waals surface area contributed by atoms with Gasteiger partial charge in [0.05, 0.1) is 0 Å². The Labute approximate surface area is 103 Å². The van der Waals surface area contributed by atoms with Gasteiger partial charge in [0.15, 0.2) is 4.77 Å². The molecule has 1 aliphatic carbocycles. The summed E-state index contributed by atoms with van der Waals surface area (Å²) in [4.78, 5) is 3.19. The average molecular weight is 238 g/mol. The SMILES string of the molecule is CC(C)c1c[nH]c(=S)n1CC1CCCCC1. The van der Waals surface area contributed by atoms with Crippen molar-refractivity contribution in [2.45, 2.75) is 58.4 Å². The highest BCUT2D eigenvalue weighted by Crippen LogP contribution is 2.26. The third kappa shape index (κ3) is 2.57. The summed E-state index contributed by atoms with van der Waals surface area (Å²) in [7, 11) is 0. The second kappa shape index (κ2) is 5.17. The molecule has 1 heterocycles. The molecule has 0 unspecified atom stereocenters. The molecule has 16 heavy (non-hydrogen) atoms. The number of nitrogens with zero attached hydrogens (tertiary/aromatic N) is 1. The van der Waals surface area contributed by atoms with Crippen LogP contribution >= 0.6 is 12.2 Å². The maximum Gasteiger partial charge on any atom is 0.177 e. The first-order valence-corrected chi connectivity index (χ1v) is 6.87. The largest absolute Gasteiger partial charge is 0.337 e. The second-order valence-corrected chi connectivity index (χ2v) is 5.67. The highest BCUT2D eigenvalue weighted by Gasteiger charge is 2.16. The Morgan fingerprint density at radius 2 is 2.06 bits per heavy atom. The van der Waals surface area contributed by atoms with Crippen LogP contribution in [0.15, 0.2) is 6.20 Å². The van der Waals surface area contributed by atoms with Gasteiger partial charge in [-0.3, -0.25) is 0 Å². The Morgan fingerprint density at radius 3 is 2.69 bits per heavy atom. The second-order valence-electron chi connectivity index (χ2n) is 5.29. The summed E-state index contributed by atoms with van der Waals surface area (Å²) in [6, 6.07) is 0. The van der Waals surface area contributed by atoms with Gasteiger partial charge in [0.2, 0.25) is 0 Å². The minimum absolute atomic E-state index is 0.552. The molecule has 3 heteroatoms. The highest BCUT2D eigenvalue weighted by molar-refractivity contribution is 7.71. The standard InChI is InChI=1S/C13H22N2S/c1-10(2)12-8-14-13(16)15(12)9-11-6-4-3-5-7-11/h8,10-11H,3-7,9H2,1-2H3,(H,14,16). The van der Waals surface area contributed by atoms with Crippen LogP contribution in [-0.4, -0.2) is 9.55 Å². The monoisotopic (exact) mass is 238 g/mol. The molecule has 0 amide bonds. The number of imidazole rings is 1. The third-order valence-electron chi connectivity index (χ3n) is 3.66. The van der Waals surface area contributed by atoms with Crippen LogP contribution in [0.4, 0.5) is 0 Å². The first-order valence-electron chi connectivity index (χ1n) is 6.46. The Morgan fingerprint density at radius 1 is 1.38 bits per heavy atom. The van der Waals surface area contributed by atoms with Gasteiger partial charge in [0.25, 0.3) is 0 Å². The van der Waals surface area contributed by atoms with Crippen molar-refractivity contribution in [1.82, 2.24) is 9.55 Å². The molecular weight excluding hydrogens is 216 g/mol. The van der Waals surface area contributed by atoms with Gasteiger partial charge in [-0.15, -0.1) is 0 Å². The summed E-state index contributed by atoms with van der Waals surface area (Å²) in [5.74, 6) is 1.39. The fourth-order valence-corrected chi connectivity index (χ4v) is 2.94. The van der Waals surface area contributed by atoms with Crippen LogP contribution in [-0.2, 0) is 6.54 Å². The molecule has 2 rings (SSSR count). The van der Waals surface area contributed by atoms with E-state index in [0.717, 1.165) is 17.2 Å². The van der Waals surface area contributed by atoms with Crippen LogP contribution in [0.25, 0.3) is 0 Å². The van der Waals surface area contributed by atoms with E-state index in [-0.39, 0.29) is 0 Å². The molecule has 1 aromatic rings. The zero-order valence-corrected chi connectivity index (χ0v) is 11.1. The number of H-pyrrole nitrogens is 1. The smallest absolute Gasteiger partial charge is 0.177 e. The van der Waals surface area contributed by atoms with Gasteiger partial charge in [0.1, 0.15) is 0 Å². The lowest BCUT2D eigenvalue weighted by molar-refractivity contribution is 0.314. The Bertz CT molecular complexity index is 383. The average Bonchev–Trinajstić information content (AvgIpc) is 2.62. The van der Waals surface area contributed by atoms with Crippen molar-refractivity contribution in [2.24, 2.45) is 5.92 Å². The van der Waals surface area contributed by atoms with E-state index in [1.807, 2.05) is 0 Å². The van der Waals surface area contributed by atoms with Gasteiger partial charge in [-0.2, -0.15) is 0 Å². The van der Waals surface area contributed by atoms with Gasteiger partial charge >= 0.3 is 0 Å². The molecule has 90 valence electrons. The normalized spacial score (nSPS) is 18.2. The molecule has 1 fully saturated rings. The Balaban J connectivity index is 2.13. The van der Waals surface area contributed by atoms with Gasteiger partial charge < -0.3 is 9.55 Å². The lowest BCUT2D eigenvalue weighted by Crippen LogP contribution is -2.16. The maximum atomic E-state index is 5.37. The Kier molecular flexibility index (Phi) is 3.85. The number of hydrogen-bond donors (Lipinski definition) is 1. The molecule has 0 atom stereocenters. The van der Waals surface area contributed by atoms with Crippen molar-refractivity contribution >= 4 is 12.2 Å². The molecule has 0 bridgehead atoms. The minimum Gasteiger partial charge on any atom is -0.337 e. The van der Waals surface area contributed by atoms with E-state index < -0.39 is 0 Å². The van der Waals surface area contributed by atoms with E-state index in [9.17, 15) is 0 Å². The summed E-state index contributed by atoms with van der Waals surface area (Å²) in [5, 5.41) is 0. The van der Waals surface area contributed by atoms with Crippen LogP contribution in [0, 0.1) is 10.7 Å². The molecule has 1 aliphatic rings. The van der Waals surface area contributed by atoms with Crippen molar-refractivity contribution in [3.8, 4) is 0 Å². The molecule has 1 N–H and O–H groups in total. The summed E-state index contributed by atoms with van der Waals surface area (Å²) >= 11 is 5.37.